The molecular formula is C28H31ClF3N5O3. The van der Waals surface area contributed by atoms with Crippen LogP contribution in [-0.2, 0) is 22.3 Å². The van der Waals surface area contributed by atoms with Crippen molar-refractivity contribution < 1.29 is 27.5 Å². The standard InChI is InChI=1S/C28H31ClF3N5O3/c29-20-10-8-18(9-11-20)17-36-26(39)22-6-1-2-7-23(22)37-24(34-35-27(36)37)12-13-25(38)33-14-15-40-21-5-3-4-19(16-21)28(30,31)32/h3-5,8-11,16,22-23,27,35H,1-2,6-7,12-15,17H2,(H,33,38). The van der Waals surface area contributed by atoms with Crippen LogP contribution in [0.25, 0.3) is 0 Å². The van der Waals surface area contributed by atoms with E-state index in [1.807, 2.05) is 17.0 Å². The number of benzene rings is 2. The van der Waals surface area contributed by atoms with Crippen molar-refractivity contribution in [2.75, 3.05) is 13.2 Å². The van der Waals surface area contributed by atoms with Crippen molar-refractivity contribution in [1.82, 2.24) is 20.5 Å². The zero-order chi connectivity index (χ0) is 28.3. The number of ether oxygens (including phenoxy) is 1. The number of nitrogens with one attached hydrogen (secondary N) is 2. The SMILES string of the molecule is O=C(CCC1=NNC2N(Cc3ccc(Cl)cc3)C(=O)C3CCCCC3N12)NCCOc1cccc(C(F)(F)F)c1. The number of amidine groups is 1. The number of halogens is 4. The van der Waals surface area contributed by atoms with Crippen LogP contribution in [0.15, 0.2) is 53.6 Å². The van der Waals surface area contributed by atoms with Crippen LogP contribution >= 0.6 is 11.6 Å². The second kappa shape index (κ2) is 12.0. The van der Waals surface area contributed by atoms with Crippen molar-refractivity contribution >= 4 is 29.3 Å². The van der Waals surface area contributed by atoms with E-state index in [0.29, 0.717) is 18.0 Å². The van der Waals surface area contributed by atoms with Crippen molar-refractivity contribution in [2.45, 2.75) is 63.6 Å². The van der Waals surface area contributed by atoms with E-state index in [2.05, 4.69) is 20.7 Å². The number of fused-ring (bicyclic) bond motifs is 3. The fourth-order valence-corrected chi connectivity index (χ4v) is 5.75. The van der Waals surface area contributed by atoms with E-state index in [9.17, 15) is 22.8 Å². The fraction of sp³-hybridized carbons (Fsp3) is 0.464. The highest BCUT2D eigenvalue weighted by Gasteiger charge is 2.50. The van der Waals surface area contributed by atoms with Crippen molar-refractivity contribution in [3.63, 3.8) is 0 Å². The van der Waals surface area contributed by atoms with Crippen LogP contribution in [0.4, 0.5) is 13.2 Å². The molecule has 0 spiro atoms. The Labute approximate surface area is 235 Å². The molecule has 214 valence electrons. The number of hydrogen-bond acceptors (Lipinski definition) is 6. The minimum atomic E-state index is -4.45. The van der Waals surface area contributed by atoms with Crippen molar-refractivity contribution in [1.29, 1.82) is 0 Å². The van der Waals surface area contributed by atoms with Crippen LogP contribution in [0.3, 0.4) is 0 Å². The van der Waals surface area contributed by atoms with Gasteiger partial charge >= 0.3 is 6.18 Å². The number of amides is 2. The van der Waals surface area contributed by atoms with E-state index in [1.165, 1.54) is 12.1 Å². The van der Waals surface area contributed by atoms with Crippen LogP contribution in [0.1, 0.15) is 49.7 Å². The normalized spacial score (nSPS) is 22.2. The van der Waals surface area contributed by atoms with E-state index in [1.54, 1.807) is 12.1 Å². The van der Waals surface area contributed by atoms with E-state index in [-0.39, 0.29) is 49.1 Å². The van der Waals surface area contributed by atoms with Gasteiger partial charge in [-0.15, -0.1) is 0 Å². The minimum Gasteiger partial charge on any atom is -0.492 e. The first-order valence-corrected chi connectivity index (χ1v) is 13.8. The monoisotopic (exact) mass is 577 g/mol. The van der Waals surface area contributed by atoms with Crippen LogP contribution in [0, 0.1) is 5.92 Å². The summed E-state index contributed by atoms with van der Waals surface area (Å²) >= 11 is 6.03. The van der Waals surface area contributed by atoms with Gasteiger partial charge in [-0.25, -0.2) is 0 Å². The largest absolute Gasteiger partial charge is 0.492 e. The highest BCUT2D eigenvalue weighted by atomic mass is 35.5. The quantitative estimate of drug-likeness (QED) is 0.421. The number of carbonyl (C=O) groups is 2. The van der Waals surface area contributed by atoms with Crippen molar-refractivity contribution in [3.05, 3.63) is 64.7 Å². The van der Waals surface area contributed by atoms with Crippen LogP contribution < -0.4 is 15.5 Å². The minimum absolute atomic E-state index is 0.0328. The molecule has 1 saturated heterocycles. The third-order valence-electron chi connectivity index (χ3n) is 7.55. The fourth-order valence-electron chi connectivity index (χ4n) is 5.62. The molecule has 0 aromatic heterocycles. The lowest BCUT2D eigenvalue weighted by Crippen LogP contribution is -2.67. The topological polar surface area (TPSA) is 86.3 Å². The van der Waals surface area contributed by atoms with E-state index < -0.39 is 18.0 Å². The van der Waals surface area contributed by atoms with Gasteiger partial charge in [0.05, 0.1) is 18.0 Å². The molecule has 1 aliphatic carbocycles. The van der Waals surface area contributed by atoms with E-state index >= 15 is 0 Å². The number of hydrogen-bond donors (Lipinski definition) is 2. The maximum Gasteiger partial charge on any atom is 0.416 e. The zero-order valence-electron chi connectivity index (χ0n) is 21.8. The number of carbonyl (C=O) groups excluding carboxylic acids is 2. The summed E-state index contributed by atoms with van der Waals surface area (Å²) < 4.78 is 44.0. The van der Waals surface area contributed by atoms with Gasteiger partial charge in [0, 0.05) is 30.5 Å². The summed E-state index contributed by atoms with van der Waals surface area (Å²) in [5.74, 6) is 0.606. The first kappa shape index (κ1) is 28.1. The Kier molecular flexibility index (Phi) is 8.39. The zero-order valence-corrected chi connectivity index (χ0v) is 22.5. The molecule has 2 N–H and O–H groups in total. The molecule has 2 aromatic rings. The second-order valence-electron chi connectivity index (χ2n) is 10.2. The summed E-state index contributed by atoms with van der Waals surface area (Å²) in [7, 11) is 0. The number of rotatable bonds is 9. The van der Waals surface area contributed by atoms with Gasteiger partial charge in [-0.3, -0.25) is 19.9 Å². The van der Waals surface area contributed by atoms with Gasteiger partial charge in [-0.1, -0.05) is 42.6 Å². The van der Waals surface area contributed by atoms with Crippen LogP contribution in [-0.4, -0.2) is 52.9 Å². The Balaban J connectivity index is 1.15. The van der Waals surface area contributed by atoms with Gasteiger partial charge in [-0.2, -0.15) is 18.3 Å². The average Bonchev–Trinajstić information content (AvgIpc) is 3.37. The Morgan fingerprint density at radius 3 is 2.70 bits per heavy atom. The molecule has 0 bridgehead atoms. The van der Waals surface area contributed by atoms with Gasteiger partial charge in [0.2, 0.25) is 11.8 Å². The number of nitrogens with zero attached hydrogens (tertiary/aromatic N) is 3. The molecule has 2 aliphatic heterocycles. The molecule has 5 rings (SSSR count). The first-order valence-electron chi connectivity index (χ1n) is 13.4. The molecule has 40 heavy (non-hydrogen) atoms. The Morgan fingerprint density at radius 1 is 1.15 bits per heavy atom. The maximum atomic E-state index is 13.5. The Bertz CT molecular complexity index is 1260. The summed E-state index contributed by atoms with van der Waals surface area (Å²) in [5.41, 5.74) is 3.30. The van der Waals surface area contributed by atoms with Gasteiger partial charge in [0.1, 0.15) is 18.2 Å². The lowest BCUT2D eigenvalue weighted by Gasteiger charge is -2.50. The molecule has 8 nitrogen and oxygen atoms in total. The lowest BCUT2D eigenvalue weighted by molar-refractivity contribution is -0.156. The smallest absolute Gasteiger partial charge is 0.416 e. The van der Waals surface area contributed by atoms with E-state index in [0.717, 1.165) is 49.2 Å². The third-order valence-corrected chi connectivity index (χ3v) is 7.80. The second-order valence-corrected chi connectivity index (χ2v) is 10.6. The molecule has 1 saturated carbocycles. The molecule has 12 heteroatoms. The van der Waals surface area contributed by atoms with Gasteiger partial charge < -0.3 is 15.0 Å². The molecular weight excluding hydrogens is 547 g/mol. The van der Waals surface area contributed by atoms with Crippen molar-refractivity contribution in [3.8, 4) is 5.75 Å². The van der Waals surface area contributed by atoms with Crippen molar-refractivity contribution in [2.24, 2.45) is 11.0 Å². The molecule has 2 aromatic carbocycles. The third kappa shape index (κ3) is 6.29. The maximum absolute atomic E-state index is 13.5. The summed E-state index contributed by atoms with van der Waals surface area (Å²) in [6.07, 6.45) is -0.547. The molecule has 2 amide bonds. The Hall–Kier alpha value is -3.47. The number of hydrazone groups is 1. The summed E-state index contributed by atoms with van der Waals surface area (Å²) in [4.78, 5) is 30.0. The average molecular weight is 578 g/mol. The Morgan fingerprint density at radius 2 is 1.93 bits per heavy atom. The summed E-state index contributed by atoms with van der Waals surface area (Å²) in [6, 6.07) is 12.1. The molecule has 3 atom stereocenters. The molecule has 3 aliphatic rings. The molecule has 3 unspecified atom stereocenters. The van der Waals surface area contributed by atoms with Gasteiger partial charge in [-0.05, 0) is 48.7 Å². The van der Waals surface area contributed by atoms with E-state index in [4.69, 9.17) is 16.3 Å². The summed E-state index contributed by atoms with van der Waals surface area (Å²) in [6.45, 7) is 0.609. The predicted molar refractivity (Wildman–Crippen MR) is 143 cm³/mol. The first-order chi connectivity index (χ1) is 19.2. The van der Waals surface area contributed by atoms with Gasteiger partial charge in [0.25, 0.3) is 0 Å². The summed E-state index contributed by atoms with van der Waals surface area (Å²) in [5, 5.41) is 7.91. The predicted octanol–water partition coefficient (Wildman–Crippen LogP) is 4.74. The molecule has 2 heterocycles. The molecule has 0 radical (unpaired) electrons. The van der Waals surface area contributed by atoms with Gasteiger partial charge in [0.15, 0.2) is 6.29 Å². The number of alkyl halides is 3. The molecule has 2 fully saturated rings. The highest BCUT2D eigenvalue weighted by Crippen LogP contribution is 2.38. The van der Waals surface area contributed by atoms with Crippen LogP contribution in [0.2, 0.25) is 5.02 Å². The lowest BCUT2D eigenvalue weighted by atomic mass is 9.80. The highest BCUT2D eigenvalue weighted by molar-refractivity contribution is 6.30. The van der Waals surface area contributed by atoms with Crippen LogP contribution in [0.5, 0.6) is 5.75 Å².